The smallest absolute Gasteiger partial charge is 0.306 e. The second-order valence-electron chi connectivity index (χ2n) is 17.8. The number of allylic oxidation sites excluding steroid dienone is 6. The lowest BCUT2D eigenvalue weighted by molar-refractivity contribution is -0.167. The molecular formula is C55H100O6. The van der Waals surface area contributed by atoms with Crippen LogP contribution in [0.5, 0.6) is 0 Å². The van der Waals surface area contributed by atoms with Gasteiger partial charge in [-0.2, -0.15) is 0 Å². The molecule has 0 radical (unpaired) electrons. The van der Waals surface area contributed by atoms with Crippen LogP contribution in [0.2, 0.25) is 0 Å². The molecule has 61 heavy (non-hydrogen) atoms. The average molecular weight is 857 g/mol. The zero-order chi connectivity index (χ0) is 44.4. The molecule has 356 valence electrons. The zero-order valence-corrected chi connectivity index (χ0v) is 40.7. The molecule has 0 aromatic rings. The number of hydrogen-bond acceptors (Lipinski definition) is 6. The molecule has 0 heterocycles. The molecule has 0 aromatic heterocycles. The van der Waals surface area contributed by atoms with E-state index in [-0.39, 0.29) is 31.1 Å². The van der Waals surface area contributed by atoms with Crippen LogP contribution in [-0.4, -0.2) is 37.2 Å². The summed E-state index contributed by atoms with van der Waals surface area (Å²) in [5.74, 6) is -0.898. The van der Waals surface area contributed by atoms with Gasteiger partial charge in [-0.1, -0.05) is 205 Å². The van der Waals surface area contributed by atoms with Crippen molar-refractivity contribution in [3.63, 3.8) is 0 Å². The van der Waals surface area contributed by atoms with Crippen molar-refractivity contribution in [2.75, 3.05) is 13.2 Å². The molecule has 0 rings (SSSR count). The lowest BCUT2D eigenvalue weighted by Crippen LogP contribution is -2.30. The summed E-state index contributed by atoms with van der Waals surface area (Å²) in [5, 5.41) is 0. The summed E-state index contributed by atoms with van der Waals surface area (Å²) >= 11 is 0. The monoisotopic (exact) mass is 857 g/mol. The molecule has 1 atom stereocenters. The molecule has 0 aliphatic rings. The molecule has 0 bridgehead atoms. The topological polar surface area (TPSA) is 78.9 Å². The standard InChI is InChI=1S/C55H100O6/c1-4-7-10-13-16-19-22-24-26-27-28-30-31-33-36-39-42-45-48-54(57)60-51-52(50-59-53(56)47-44-41-38-35-21-18-15-12-9-6-3)61-55(58)49-46-43-40-37-34-32-29-25-23-20-17-14-11-8-5-2/h15,18,20,23,28,30,52H,4-14,16-17,19,21-22,24-27,29,31-51H2,1-3H3/b18-15-,23-20-,30-28-. The van der Waals surface area contributed by atoms with Crippen molar-refractivity contribution in [3.05, 3.63) is 36.5 Å². The van der Waals surface area contributed by atoms with Crippen molar-refractivity contribution in [2.45, 2.75) is 284 Å². The minimum atomic E-state index is -0.779. The van der Waals surface area contributed by atoms with E-state index in [1.54, 1.807) is 0 Å². The third-order valence-electron chi connectivity index (χ3n) is 11.6. The highest BCUT2D eigenvalue weighted by Gasteiger charge is 2.19. The Labute approximate surface area is 378 Å². The largest absolute Gasteiger partial charge is 0.462 e. The zero-order valence-electron chi connectivity index (χ0n) is 40.7. The Morgan fingerprint density at radius 1 is 0.311 bits per heavy atom. The summed E-state index contributed by atoms with van der Waals surface area (Å²) < 4.78 is 16.8. The van der Waals surface area contributed by atoms with Crippen molar-refractivity contribution in [1.82, 2.24) is 0 Å². The molecule has 0 aliphatic heterocycles. The maximum atomic E-state index is 12.8. The average Bonchev–Trinajstić information content (AvgIpc) is 3.26. The summed E-state index contributed by atoms with van der Waals surface area (Å²) in [6, 6.07) is 0. The summed E-state index contributed by atoms with van der Waals surface area (Å²) in [6.07, 6.45) is 58.5. The molecular weight excluding hydrogens is 757 g/mol. The van der Waals surface area contributed by atoms with E-state index in [0.717, 1.165) is 83.5 Å². The second-order valence-corrected chi connectivity index (χ2v) is 17.8. The van der Waals surface area contributed by atoms with E-state index in [4.69, 9.17) is 14.2 Å². The first-order chi connectivity index (χ1) is 30.0. The van der Waals surface area contributed by atoms with E-state index in [0.29, 0.717) is 19.3 Å². The molecule has 6 heteroatoms. The van der Waals surface area contributed by atoms with Gasteiger partial charge in [0.25, 0.3) is 0 Å². The summed E-state index contributed by atoms with van der Waals surface area (Å²) in [5.41, 5.74) is 0. The molecule has 0 aromatic carbocycles. The van der Waals surface area contributed by atoms with E-state index in [1.165, 1.54) is 154 Å². The van der Waals surface area contributed by atoms with Gasteiger partial charge in [0.15, 0.2) is 6.10 Å². The summed E-state index contributed by atoms with van der Waals surface area (Å²) in [4.78, 5) is 37.9. The van der Waals surface area contributed by atoms with Gasteiger partial charge in [-0.3, -0.25) is 14.4 Å². The Balaban J connectivity index is 4.33. The van der Waals surface area contributed by atoms with Gasteiger partial charge in [0, 0.05) is 19.3 Å². The van der Waals surface area contributed by atoms with Crippen LogP contribution in [0, 0.1) is 0 Å². The van der Waals surface area contributed by atoms with Crippen molar-refractivity contribution in [2.24, 2.45) is 0 Å². The molecule has 0 N–H and O–H groups in total. The van der Waals surface area contributed by atoms with Crippen molar-refractivity contribution in [3.8, 4) is 0 Å². The maximum absolute atomic E-state index is 12.8. The van der Waals surface area contributed by atoms with E-state index < -0.39 is 6.10 Å². The Morgan fingerprint density at radius 3 is 0.885 bits per heavy atom. The van der Waals surface area contributed by atoms with Crippen LogP contribution in [-0.2, 0) is 28.6 Å². The molecule has 0 aliphatic carbocycles. The lowest BCUT2D eigenvalue weighted by Gasteiger charge is -2.18. The van der Waals surface area contributed by atoms with Crippen LogP contribution in [0.15, 0.2) is 36.5 Å². The molecule has 6 nitrogen and oxygen atoms in total. The number of carbonyl (C=O) groups is 3. The Morgan fingerprint density at radius 2 is 0.557 bits per heavy atom. The van der Waals surface area contributed by atoms with Crippen molar-refractivity contribution < 1.29 is 28.6 Å². The molecule has 1 unspecified atom stereocenters. The molecule has 0 amide bonds. The molecule has 0 saturated heterocycles. The lowest BCUT2D eigenvalue weighted by atomic mass is 10.1. The third kappa shape index (κ3) is 48.5. The Kier molecular flexibility index (Phi) is 48.3. The fraction of sp³-hybridized carbons (Fsp3) is 0.836. The first kappa shape index (κ1) is 58.6. The summed E-state index contributed by atoms with van der Waals surface area (Å²) in [6.45, 7) is 6.58. The fourth-order valence-electron chi connectivity index (χ4n) is 7.53. The highest BCUT2D eigenvalue weighted by Crippen LogP contribution is 2.15. The van der Waals surface area contributed by atoms with Crippen molar-refractivity contribution in [1.29, 1.82) is 0 Å². The van der Waals surface area contributed by atoms with Crippen LogP contribution < -0.4 is 0 Å². The summed E-state index contributed by atoms with van der Waals surface area (Å²) in [7, 11) is 0. The highest BCUT2D eigenvalue weighted by molar-refractivity contribution is 5.71. The van der Waals surface area contributed by atoms with Gasteiger partial charge in [0.1, 0.15) is 13.2 Å². The van der Waals surface area contributed by atoms with Gasteiger partial charge in [0.2, 0.25) is 0 Å². The normalized spacial score (nSPS) is 12.2. The van der Waals surface area contributed by atoms with Crippen molar-refractivity contribution >= 4 is 17.9 Å². The molecule has 0 fully saturated rings. The number of esters is 3. The maximum Gasteiger partial charge on any atom is 0.306 e. The minimum Gasteiger partial charge on any atom is -0.462 e. The van der Waals surface area contributed by atoms with E-state index in [9.17, 15) is 14.4 Å². The number of unbranched alkanes of at least 4 members (excludes halogenated alkanes) is 31. The first-order valence-electron chi connectivity index (χ1n) is 26.5. The SMILES string of the molecule is CCCC/C=C\CCCCCCC(=O)OCC(COC(=O)CCCCCCC/C=C\CCCCCCCCCCC)OC(=O)CCCCCCCCC/C=C\CCCCCC. The van der Waals surface area contributed by atoms with E-state index >= 15 is 0 Å². The van der Waals surface area contributed by atoms with Gasteiger partial charge >= 0.3 is 17.9 Å². The highest BCUT2D eigenvalue weighted by atomic mass is 16.6. The predicted octanol–water partition coefficient (Wildman–Crippen LogP) is 17.3. The van der Waals surface area contributed by atoms with Gasteiger partial charge in [0.05, 0.1) is 0 Å². The van der Waals surface area contributed by atoms with Gasteiger partial charge in [-0.25, -0.2) is 0 Å². The van der Waals surface area contributed by atoms with Gasteiger partial charge in [-0.05, 0) is 89.9 Å². The van der Waals surface area contributed by atoms with Crippen LogP contribution in [0.1, 0.15) is 278 Å². The number of hydrogen-bond donors (Lipinski definition) is 0. The fourth-order valence-corrected chi connectivity index (χ4v) is 7.53. The van der Waals surface area contributed by atoms with Gasteiger partial charge in [-0.15, -0.1) is 0 Å². The van der Waals surface area contributed by atoms with Gasteiger partial charge < -0.3 is 14.2 Å². The predicted molar refractivity (Wildman–Crippen MR) is 261 cm³/mol. The van der Waals surface area contributed by atoms with Crippen LogP contribution in [0.25, 0.3) is 0 Å². The minimum absolute atomic E-state index is 0.0803. The first-order valence-corrected chi connectivity index (χ1v) is 26.5. The third-order valence-corrected chi connectivity index (χ3v) is 11.6. The second kappa shape index (κ2) is 50.3. The quantitative estimate of drug-likeness (QED) is 0.0262. The number of rotatable bonds is 48. The van der Waals surface area contributed by atoms with Crippen LogP contribution in [0.4, 0.5) is 0 Å². The number of carbonyl (C=O) groups excluding carboxylic acids is 3. The Hall–Kier alpha value is -2.37. The molecule has 0 saturated carbocycles. The van der Waals surface area contributed by atoms with E-state index in [1.807, 2.05) is 0 Å². The number of ether oxygens (including phenoxy) is 3. The Bertz CT molecular complexity index is 1030. The van der Waals surface area contributed by atoms with E-state index in [2.05, 4.69) is 57.2 Å². The molecule has 0 spiro atoms. The van der Waals surface area contributed by atoms with Crippen LogP contribution >= 0.6 is 0 Å². The van der Waals surface area contributed by atoms with Crippen LogP contribution in [0.3, 0.4) is 0 Å².